The van der Waals surface area contributed by atoms with Crippen molar-refractivity contribution in [3.05, 3.63) is 22.7 Å². The maximum Gasteiger partial charge on any atom is 0.229 e. The quantitative estimate of drug-likeness (QED) is 0.719. The van der Waals surface area contributed by atoms with E-state index in [4.69, 9.17) is 0 Å². The number of nitrogens with zero attached hydrogens (tertiary/aromatic N) is 2. The Morgan fingerprint density at radius 2 is 2.30 bits per heavy atom. The van der Waals surface area contributed by atoms with Crippen molar-refractivity contribution in [1.82, 2.24) is 9.71 Å². The van der Waals surface area contributed by atoms with E-state index in [0.717, 1.165) is 17.4 Å². The molecule has 0 bridgehead atoms. The van der Waals surface area contributed by atoms with Gasteiger partial charge in [-0.2, -0.15) is 0 Å². The van der Waals surface area contributed by atoms with Crippen molar-refractivity contribution in [2.45, 2.75) is 18.9 Å². The van der Waals surface area contributed by atoms with E-state index in [-0.39, 0.29) is 22.2 Å². The number of aromatic hydroxyl groups is 1. The predicted molar refractivity (Wildman–Crippen MR) is 90.3 cm³/mol. The Kier molecular flexibility index (Phi) is 4.74. The largest absolute Gasteiger partial charge is 0.503 e. The van der Waals surface area contributed by atoms with E-state index < -0.39 is 17.4 Å². The highest BCUT2D eigenvalue weighted by Crippen LogP contribution is 2.35. The molecular weight excluding hydrogens is 364 g/mol. The van der Waals surface area contributed by atoms with Gasteiger partial charge in [0.25, 0.3) is 0 Å². The van der Waals surface area contributed by atoms with Gasteiger partial charge in [-0.25, -0.2) is 13.8 Å². The third kappa shape index (κ3) is 3.29. The summed E-state index contributed by atoms with van der Waals surface area (Å²) in [6, 6.07) is 0.977. The third-order valence-corrected chi connectivity index (χ3v) is 5.85. The third-order valence-electron chi connectivity index (χ3n) is 3.27. The highest BCUT2D eigenvalue weighted by Gasteiger charge is 2.24. The second kappa shape index (κ2) is 6.62. The molecule has 10 heteroatoms. The molecule has 0 aliphatic carbocycles. The van der Waals surface area contributed by atoms with Crippen LogP contribution in [0.5, 0.6) is 5.75 Å². The summed E-state index contributed by atoms with van der Waals surface area (Å²) in [5, 5.41) is 10.4. The van der Waals surface area contributed by atoms with Gasteiger partial charge in [-0.1, -0.05) is 12.8 Å². The van der Waals surface area contributed by atoms with Crippen LogP contribution < -0.4 is 4.72 Å². The fraction of sp³-hybridized carbons (Fsp3) is 0.308. The molecule has 1 aliphatic rings. The fourth-order valence-corrected chi connectivity index (χ4v) is 4.38. The number of carbonyl (C=O) groups excluding carboxylic acids is 1. The summed E-state index contributed by atoms with van der Waals surface area (Å²) < 4.78 is 29.6. The molecule has 122 valence electrons. The molecule has 2 N–H and O–H groups in total. The number of phenolic OH excluding ortho intramolecular Hbond substituents is 1. The number of rotatable bonds is 4. The lowest BCUT2D eigenvalue weighted by Gasteiger charge is -2.03. The molecule has 1 aliphatic heterocycles. The smallest absolute Gasteiger partial charge is 0.229 e. The van der Waals surface area contributed by atoms with Crippen molar-refractivity contribution in [1.29, 1.82) is 0 Å². The van der Waals surface area contributed by atoms with Gasteiger partial charge in [-0.3, -0.25) is 9.79 Å². The molecule has 2 aromatic rings. The number of aliphatic imine (C=N–C) groups is 1. The highest BCUT2D eigenvalue weighted by molar-refractivity contribution is 8.15. The van der Waals surface area contributed by atoms with Gasteiger partial charge >= 0.3 is 0 Å². The van der Waals surface area contributed by atoms with Crippen molar-refractivity contribution in [2.24, 2.45) is 4.99 Å². The molecule has 1 amide bonds. The predicted octanol–water partition coefficient (Wildman–Crippen LogP) is 2.88. The summed E-state index contributed by atoms with van der Waals surface area (Å²) in [5.41, 5.74) is 0.152. The number of phenols is 1. The molecule has 5 nitrogen and oxygen atoms in total. The van der Waals surface area contributed by atoms with Crippen LogP contribution in [0.3, 0.4) is 0 Å². The Labute approximate surface area is 143 Å². The van der Waals surface area contributed by atoms with E-state index in [9.17, 15) is 18.7 Å². The average Bonchev–Trinajstić information content (AvgIpc) is 3.17. The summed E-state index contributed by atoms with van der Waals surface area (Å²) in [6.45, 7) is 0. The van der Waals surface area contributed by atoms with Crippen LogP contribution in [0, 0.1) is 11.6 Å². The van der Waals surface area contributed by atoms with E-state index in [1.54, 1.807) is 0 Å². The molecule has 0 radical (unpaired) electrons. The van der Waals surface area contributed by atoms with E-state index >= 15 is 0 Å². The van der Waals surface area contributed by atoms with Crippen LogP contribution in [0.25, 0.3) is 10.2 Å². The molecule has 1 aromatic carbocycles. The first-order valence-electron chi connectivity index (χ1n) is 6.61. The van der Waals surface area contributed by atoms with Gasteiger partial charge in [0.15, 0.2) is 17.4 Å². The van der Waals surface area contributed by atoms with Gasteiger partial charge < -0.3 is 9.83 Å². The lowest BCUT2D eigenvalue weighted by molar-refractivity contribution is -0.119. The zero-order chi connectivity index (χ0) is 16.6. The number of carbonyl (C=O) groups is 1. The number of fused-ring (bicyclic) bond motifs is 1. The van der Waals surface area contributed by atoms with Gasteiger partial charge in [0.05, 0.1) is 16.3 Å². The monoisotopic (exact) mass is 375 g/mol. The zero-order valence-corrected chi connectivity index (χ0v) is 14.1. The maximum absolute atomic E-state index is 13.9. The number of nitrogens with one attached hydrogen (secondary N) is 1. The zero-order valence-electron chi connectivity index (χ0n) is 11.5. The molecule has 0 saturated carbocycles. The molecule has 0 saturated heterocycles. The topological polar surface area (TPSA) is 74.6 Å². The maximum atomic E-state index is 13.9. The number of thioether (sulfide) groups is 1. The lowest BCUT2D eigenvalue weighted by atomic mass is 10.2. The van der Waals surface area contributed by atoms with Gasteiger partial charge in [-0.15, -0.1) is 23.1 Å². The van der Waals surface area contributed by atoms with Crippen molar-refractivity contribution < 1.29 is 18.7 Å². The molecule has 0 fully saturated rings. The van der Waals surface area contributed by atoms with Crippen LogP contribution in [0.1, 0.15) is 17.8 Å². The Bertz CT molecular complexity index is 809. The Morgan fingerprint density at radius 1 is 1.52 bits per heavy atom. The SMILES string of the molecule is O=C(CCC1CSC(c2nc3cc(F)c(O)c(F)c3s2)=N1)NS. The first-order chi connectivity index (χ1) is 11.0. The second-order valence-electron chi connectivity index (χ2n) is 4.86. The number of benzene rings is 1. The molecule has 1 atom stereocenters. The first-order valence-corrected chi connectivity index (χ1v) is 8.86. The number of thiazole rings is 1. The van der Waals surface area contributed by atoms with Crippen LogP contribution in [0.4, 0.5) is 8.78 Å². The molecule has 3 rings (SSSR count). The molecule has 2 heterocycles. The summed E-state index contributed by atoms with van der Waals surface area (Å²) in [5.74, 6) is -2.51. The lowest BCUT2D eigenvalue weighted by Crippen LogP contribution is -2.15. The number of thiol groups is 1. The van der Waals surface area contributed by atoms with Crippen molar-refractivity contribution in [3.8, 4) is 5.75 Å². The minimum atomic E-state index is -1.04. The van der Waals surface area contributed by atoms with Gasteiger partial charge in [0.1, 0.15) is 10.1 Å². The standard InChI is InChI=1S/C13H11F2N3O2S3/c14-6-3-7-11(9(15)10(6)20)23-13(17-7)12-16-5(4-22-12)1-2-8(19)18-21/h3,5,20-21H,1-2,4H2,(H,18,19). The van der Waals surface area contributed by atoms with Crippen LogP contribution in [0.15, 0.2) is 11.1 Å². The van der Waals surface area contributed by atoms with E-state index in [1.165, 1.54) is 11.8 Å². The summed E-state index contributed by atoms with van der Waals surface area (Å²) in [4.78, 5) is 19.9. The van der Waals surface area contributed by atoms with Crippen LogP contribution in [-0.2, 0) is 4.79 Å². The molecule has 1 unspecified atom stereocenters. The van der Waals surface area contributed by atoms with Gasteiger partial charge in [0, 0.05) is 18.2 Å². The molecular formula is C13H11F2N3O2S3. The van der Waals surface area contributed by atoms with Crippen molar-refractivity contribution in [2.75, 3.05) is 5.75 Å². The van der Waals surface area contributed by atoms with E-state index in [1.807, 2.05) is 0 Å². The van der Waals surface area contributed by atoms with Gasteiger partial charge in [-0.05, 0) is 6.42 Å². The fourth-order valence-electron chi connectivity index (χ4n) is 2.11. The number of halogens is 2. The highest BCUT2D eigenvalue weighted by atomic mass is 32.2. The molecule has 23 heavy (non-hydrogen) atoms. The van der Waals surface area contributed by atoms with Crippen LogP contribution in [0.2, 0.25) is 0 Å². The van der Waals surface area contributed by atoms with E-state index in [2.05, 4.69) is 27.5 Å². The molecule has 0 spiro atoms. The van der Waals surface area contributed by atoms with Gasteiger partial charge in [0.2, 0.25) is 5.91 Å². The Hall–Kier alpha value is -1.39. The number of aromatic nitrogens is 1. The second-order valence-corrected chi connectivity index (χ2v) is 7.09. The number of amides is 1. The number of hydrogen-bond acceptors (Lipinski definition) is 7. The molecule has 1 aromatic heterocycles. The Balaban J connectivity index is 1.83. The summed E-state index contributed by atoms with van der Waals surface area (Å²) in [6.07, 6.45) is 0.899. The Morgan fingerprint density at radius 3 is 3.04 bits per heavy atom. The van der Waals surface area contributed by atoms with E-state index in [0.29, 0.717) is 28.6 Å². The number of hydrogen-bond donors (Lipinski definition) is 3. The normalized spacial score (nSPS) is 17.5. The van der Waals surface area contributed by atoms with Crippen molar-refractivity contribution in [3.63, 3.8) is 0 Å². The minimum absolute atomic E-state index is 0.0253. The van der Waals surface area contributed by atoms with Crippen LogP contribution >= 0.6 is 35.9 Å². The average molecular weight is 375 g/mol. The summed E-state index contributed by atoms with van der Waals surface area (Å²) in [7, 11) is 0. The summed E-state index contributed by atoms with van der Waals surface area (Å²) >= 11 is 6.17. The minimum Gasteiger partial charge on any atom is -0.503 e. The van der Waals surface area contributed by atoms with Crippen molar-refractivity contribution >= 4 is 57.1 Å². The first kappa shape index (κ1) is 16.5. The van der Waals surface area contributed by atoms with Crippen LogP contribution in [-0.4, -0.2) is 32.8 Å².